The Morgan fingerprint density at radius 2 is 2.00 bits per heavy atom. The Balaban J connectivity index is 1.39. The van der Waals surface area contributed by atoms with Crippen LogP contribution in [0.25, 0.3) is 5.69 Å². The normalized spacial score (nSPS) is 19.5. The second kappa shape index (κ2) is 8.02. The van der Waals surface area contributed by atoms with Crippen molar-refractivity contribution >= 4 is 29.4 Å². The SMILES string of the molecule is Cc1cc(Cl)cc(-n2cnc(C3(Nc4nccc(N5C(=O)N(C)C[C@@H]5C(C)C)n4)CC3)c2)c1. The molecule has 2 fully saturated rings. The molecule has 2 aromatic heterocycles. The van der Waals surface area contributed by atoms with E-state index in [9.17, 15) is 4.79 Å². The van der Waals surface area contributed by atoms with Gasteiger partial charge in [0.05, 0.1) is 23.6 Å². The molecule has 0 unspecified atom stereocenters. The van der Waals surface area contributed by atoms with Crippen LogP contribution in [0.1, 0.15) is 37.9 Å². The molecule has 33 heavy (non-hydrogen) atoms. The van der Waals surface area contributed by atoms with Gasteiger partial charge in [-0.2, -0.15) is 4.98 Å². The average molecular weight is 466 g/mol. The van der Waals surface area contributed by atoms with E-state index in [0.717, 1.165) is 29.8 Å². The summed E-state index contributed by atoms with van der Waals surface area (Å²) < 4.78 is 1.99. The zero-order chi connectivity index (χ0) is 23.3. The number of imidazole rings is 1. The van der Waals surface area contributed by atoms with Crippen molar-refractivity contribution in [1.82, 2.24) is 24.4 Å². The van der Waals surface area contributed by atoms with Gasteiger partial charge >= 0.3 is 6.03 Å². The van der Waals surface area contributed by atoms with Gasteiger partial charge in [0.2, 0.25) is 5.95 Å². The number of benzene rings is 1. The van der Waals surface area contributed by atoms with Crippen LogP contribution < -0.4 is 10.2 Å². The summed E-state index contributed by atoms with van der Waals surface area (Å²) in [5.74, 6) is 1.44. The highest BCUT2D eigenvalue weighted by Gasteiger charge is 2.47. The minimum atomic E-state index is -0.305. The third kappa shape index (κ3) is 4.04. The van der Waals surface area contributed by atoms with Crippen molar-refractivity contribution in [2.24, 2.45) is 5.92 Å². The Bertz CT molecular complexity index is 1180. The van der Waals surface area contributed by atoms with Crippen molar-refractivity contribution in [3.63, 3.8) is 0 Å². The Hall–Kier alpha value is -3.13. The first-order chi connectivity index (χ1) is 15.8. The first-order valence-corrected chi connectivity index (χ1v) is 11.6. The maximum atomic E-state index is 12.8. The molecule has 2 aliphatic rings. The molecule has 3 aromatic rings. The Kier molecular flexibility index (Phi) is 5.28. The van der Waals surface area contributed by atoms with Crippen LogP contribution in [0.15, 0.2) is 43.0 Å². The molecule has 172 valence electrons. The summed E-state index contributed by atoms with van der Waals surface area (Å²) in [6.45, 7) is 6.96. The topological polar surface area (TPSA) is 79.2 Å². The van der Waals surface area contributed by atoms with Gasteiger partial charge in [-0.1, -0.05) is 25.4 Å². The zero-order valence-electron chi connectivity index (χ0n) is 19.3. The fourth-order valence-corrected chi connectivity index (χ4v) is 4.73. The number of carbonyl (C=O) groups is 1. The van der Waals surface area contributed by atoms with Crippen molar-refractivity contribution < 1.29 is 4.79 Å². The van der Waals surface area contributed by atoms with Gasteiger partial charge in [0.1, 0.15) is 5.82 Å². The average Bonchev–Trinajstić information content (AvgIpc) is 3.23. The Labute approximate surface area is 198 Å². The summed E-state index contributed by atoms with van der Waals surface area (Å²) in [6, 6.07) is 7.78. The number of rotatable bonds is 6. The minimum Gasteiger partial charge on any atom is -0.343 e. The van der Waals surface area contributed by atoms with E-state index in [1.165, 1.54) is 0 Å². The largest absolute Gasteiger partial charge is 0.343 e. The number of urea groups is 1. The van der Waals surface area contributed by atoms with Gasteiger partial charge < -0.3 is 14.8 Å². The molecule has 1 N–H and O–H groups in total. The van der Waals surface area contributed by atoms with E-state index in [1.54, 1.807) is 22.1 Å². The van der Waals surface area contributed by atoms with Crippen molar-refractivity contribution in [2.75, 3.05) is 23.8 Å². The van der Waals surface area contributed by atoms with Gasteiger partial charge in [0, 0.05) is 36.7 Å². The summed E-state index contributed by atoms with van der Waals surface area (Å²) in [6.07, 6.45) is 7.42. The van der Waals surface area contributed by atoms with Crippen LogP contribution in [0.5, 0.6) is 0 Å². The van der Waals surface area contributed by atoms with Crippen molar-refractivity contribution in [3.05, 3.63) is 59.3 Å². The molecule has 2 amide bonds. The maximum Gasteiger partial charge on any atom is 0.325 e. The molecule has 5 rings (SSSR count). The van der Waals surface area contributed by atoms with Gasteiger partial charge in [-0.3, -0.25) is 4.90 Å². The maximum absolute atomic E-state index is 12.8. The first-order valence-electron chi connectivity index (χ1n) is 11.2. The molecule has 0 bridgehead atoms. The van der Waals surface area contributed by atoms with Gasteiger partial charge in [-0.15, -0.1) is 0 Å². The lowest BCUT2D eigenvalue weighted by Crippen LogP contribution is -2.38. The highest BCUT2D eigenvalue weighted by atomic mass is 35.5. The van der Waals surface area contributed by atoms with Crippen LogP contribution in [0.4, 0.5) is 16.6 Å². The smallest absolute Gasteiger partial charge is 0.325 e. The summed E-state index contributed by atoms with van der Waals surface area (Å²) >= 11 is 6.24. The summed E-state index contributed by atoms with van der Waals surface area (Å²) in [4.78, 5) is 30.1. The second-order valence-corrected chi connectivity index (χ2v) is 9.88. The molecular weight excluding hydrogens is 438 g/mol. The molecule has 9 heteroatoms. The Morgan fingerprint density at radius 1 is 1.21 bits per heavy atom. The lowest BCUT2D eigenvalue weighted by molar-refractivity contribution is 0.229. The van der Waals surface area contributed by atoms with E-state index >= 15 is 0 Å². The predicted octanol–water partition coefficient (Wildman–Crippen LogP) is 4.62. The number of aromatic nitrogens is 4. The molecule has 8 nitrogen and oxygen atoms in total. The zero-order valence-corrected chi connectivity index (χ0v) is 20.0. The number of hydrogen-bond donors (Lipinski definition) is 1. The molecule has 1 aliphatic heterocycles. The molecule has 1 aliphatic carbocycles. The van der Waals surface area contributed by atoms with Crippen molar-refractivity contribution in [2.45, 2.75) is 45.2 Å². The van der Waals surface area contributed by atoms with Gasteiger partial charge in [-0.25, -0.2) is 14.8 Å². The van der Waals surface area contributed by atoms with Crippen LogP contribution in [-0.2, 0) is 5.54 Å². The number of nitrogens with zero attached hydrogens (tertiary/aromatic N) is 6. The van der Waals surface area contributed by atoms with Crippen LogP contribution in [0.3, 0.4) is 0 Å². The predicted molar refractivity (Wildman–Crippen MR) is 129 cm³/mol. The quantitative estimate of drug-likeness (QED) is 0.574. The number of amides is 2. The number of likely N-dealkylation sites (N-methyl/N-ethyl adjacent to an activating group) is 1. The van der Waals surface area contributed by atoms with Crippen LogP contribution in [0.2, 0.25) is 5.02 Å². The van der Waals surface area contributed by atoms with Crippen molar-refractivity contribution in [3.8, 4) is 5.69 Å². The van der Waals surface area contributed by atoms with Gasteiger partial charge in [-0.05, 0) is 55.5 Å². The third-order valence-electron chi connectivity index (χ3n) is 6.48. The molecule has 3 heterocycles. The van der Waals surface area contributed by atoms with Crippen LogP contribution in [0, 0.1) is 12.8 Å². The van der Waals surface area contributed by atoms with Crippen LogP contribution >= 0.6 is 11.6 Å². The molecule has 1 saturated carbocycles. The lowest BCUT2D eigenvalue weighted by atomic mass is 10.0. The molecule has 1 aromatic carbocycles. The number of carbonyl (C=O) groups excluding carboxylic acids is 1. The van der Waals surface area contributed by atoms with E-state index in [4.69, 9.17) is 16.6 Å². The van der Waals surface area contributed by atoms with Crippen LogP contribution in [-0.4, -0.2) is 50.1 Å². The highest BCUT2D eigenvalue weighted by Crippen LogP contribution is 2.47. The lowest BCUT2D eigenvalue weighted by Gasteiger charge is -2.25. The van der Waals surface area contributed by atoms with Gasteiger partial charge in [0.15, 0.2) is 0 Å². The van der Waals surface area contributed by atoms with E-state index in [-0.39, 0.29) is 17.6 Å². The highest BCUT2D eigenvalue weighted by molar-refractivity contribution is 6.30. The van der Waals surface area contributed by atoms with E-state index in [2.05, 4.69) is 35.2 Å². The molecule has 0 radical (unpaired) electrons. The van der Waals surface area contributed by atoms with Gasteiger partial charge in [0.25, 0.3) is 0 Å². The number of hydrogen-bond acceptors (Lipinski definition) is 5. The molecule has 1 saturated heterocycles. The Morgan fingerprint density at radius 3 is 2.70 bits per heavy atom. The number of anilines is 2. The molecule has 1 atom stereocenters. The minimum absolute atomic E-state index is 0.0324. The molecular formula is C24H28ClN7O. The van der Waals surface area contributed by atoms with Crippen molar-refractivity contribution in [1.29, 1.82) is 0 Å². The monoisotopic (exact) mass is 465 g/mol. The standard InChI is InChI=1S/C24H28ClN7O/c1-15(2)19-12-30(4)23(33)32(19)21-5-8-26-22(28-21)29-24(6-7-24)20-13-31(14-27-20)18-10-16(3)9-17(25)11-18/h5,8-11,13-15,19H,6-7,12H2,1-4H3,(H,26,28,29)/t19-/m1/s1. The first kappa shape index (κ1) is 21.7. The fourth-order valence-electron chi connectivity index (χ4n) is 4.45. The summed E-state index contributed by atoms with van der Waals surface area (Å²) in [5.41, 5.74) is 2.70. The number of nitrogens with one attached hydrogen (secondary N) is 1. The summed E-state index contributed by atoms with van der Waals surface area (Å²) in [5, 5.41) is 4.19. The second-order valence-electron chi connectivity index (χ2n) is 9.44. The fraction of sp³-hybridized carbons (Fsp3) is 0.417. The molecule has 0 spiro atoms. The van der Waals surface area contributed by atoms with E-state index in [1.807, 2.05) is 43.2 Å². The summed E-state index contributed by atoms with van der Waals surface area (Å²) in [7, 11) is 1.83. The van der Waals surface area contributed by atoms with E-state index < -0.39 is 0 Å². The number of halogens is 1. The van der Waals surface area contributed by atoms with E-state index in [0.29, 0.717) is 29.3 Å². The third-order valence-corrected chi connectivity index (χ3v) is 6.70. The number of aryl methyl sites for hydroxylation is 1.